The molecular weight excluding hydrogens is 613 g/mol. The predicted octanol–water partition coefficient (Wildman–Crippen LogP) is 4.46. The Bertz CT molecular complexity index is 1600. The molecule has 2 aromatic rings. The molecule has 250 valence electrons. The maximum atomic E-state index is 14.3. The number of urea groups is 1. The second kappa shape index (κ2) is 13.5. The van der Waals surface area contributed by atoms with Gasteiger partial charge in [0.15, 0.2) is 0 Å². The summed E-state index contributed by atoms with van der Waals surface area (Å²) in [6.45, 7) is 1.59. The summed E-state index contributed by atoms with van der Waals surface area (Å²) in [5, 5.41) is 15.7. The number of likely N-dealkylation sites (N-methyl/N-ethyl adjacent to an activating group) is 1. The maximum absolute atomic E-state index is 14.3. The van der Waals surface area contributed by atoms with Gasteiger partial charge in [-0.15, -0.1) is 0 Å². The summed E-state index contributed by atoms with van der Waals surface area (Å²) < 4.78 is 41.9. The van der Waals surface area contributed by atoms with Gasteiger partial charge in [0.05, 0.1) is 24.7 Å². The number of piperazine rings is 1. The van der Waals surface area contributed by atoms with E-state index in [0.29, 0.717) is 17.7 Å². The van der Waals surface area contributed by atoms with Crippen molar-refractivity contribution in [2.45, 2.75) is 44.2 Å². The van der Waals surface area contributed by atoms with Gasteiger partial charge in [0, 0.05) is 39.8 Å². The summed E-state index contributed by atoms with van der Waals surface area (Å²) >= 11 is 0. The van der Waals surface area contributed by atoms with E-state index in [-0.39, 0.29) is 43.3 Å². The van der Waals surface area contributed by atoms with Gasteiger partial charge >= 0.3 is 12.2 Å². The SMILES string of the molecule is CC(c1cc(N(C)C)cc(C(F)(F)F)c1)N1CC2N(C(=O)CN(C)N2C(=O)NCC2=CCC=CC=C2)[C@@H](Cc2ccc(O)cc2)C1=O. The molecule has 2 aromatic carbocycles. The predicted molar refractivity (Wildman–Crippen MR) is 171 cm³/mol. The van der Waals surface area contributed by atoms with E-state index in [9.17, 15) is 32.7 Å². The number of alkyl halides is 3. The van der Waals surface area contributed by atoms with Crippen molar-refractivity contribution < 1.29 is 32.7 Å². The van der Waals surface area contributed by atoms with E-state index < -0.39 is 41.9 Å². The zero-order valence-electron chi connectivity index (χ0n) is 26.7. The van der Waals surface area contributed by atoms with Crippen LogP contribution in [0.15, 0.2) is 78.4 Å². The number of anilines is 1. The number of fused-ring (bicyclic) bond motifs is 1. The molecule has 3 atom stereocenters. The van der Waals surface area contributed by atoms with E-state index in [0.717, 1.165) is 17.7 Å². The molecule has 10 nitrogen and oxygen atoms in total. The van der Waals surface area contributed by atoms with Crippen LogP contribution in [0.3, 0.4) is 0 Å². The molecule has 0 bridgehead atoms. The van der Waals surface area contributed by atoms with Crippen LogP contribution in [0.1, 0.15) is 36.1 Å². The van der Waals surface area contributed by atoms with E-state index in [4.69, 9.17) is 0 Å². The number of aromatic hydroxyl groups is 1. The number of nitrogens with zero attached hydrogens (tertiary/aromatic N) is 5. The van der Waals surface area contributed by atoms with Gasteiger partial charge in [-0.1, -0.05) is 42.5 Å². The molecule has 5 rings (SSSR count). The number of allylic oxidation sites excluding steroid dienone is 4. The Morgan fingerprint density at radius 1 is 1.11 bits per heavy atom. The topological polar surface area (TPSA) is 99.7 Å². The molecule has 0 saturated carbocycles. The van der Waals surface area contributed by atoms with E-state index in [2.05, 4.69) is 5.32 Å². The molecular formula is C34H39F3N6O4. The largest absolute Gasteiger partial charge is 0.508 e. The molecule has 2 fully saturated rings. The highest BCUT2D eigenvalue weighted by molar-refractivity contribution is 5.92. The fraction of sp³-hybridized carbons (Fsp3) is 0.382. The first-order valence-electron chi connectivity index (χ1n) is 15.3. The summed E-state index contributed by atoms with van der Waals surface area (Å²) in [6.07, 6.45) is 4.90. The number of halogens is 3. The van der Waals surface area contributed by atoms with E-state index in [1.54, 1.807) is 51.2 Å². The van der Waals surface area contributed by atoms with Crippen molar-refractivity contribution >= 4 is 23.5 Å². The third kappa shape index (κ3) is 7.30. The molecule has 3 aliphatic rings. The van der Waals surface area contributed by atoms with Crippen LogP contribution in [-0.2, 0) is 22.2 Å². The first kappa shape index (κ1) is 33.6. The lowest BCUT2D eigenvalue weighted by Gasteiger charge is -2.55. The van der Waals surface area contributed by atoms with Gasteiger partial charge in [-0.25, -0.2) is 14.8 Å². The zero-order valence-corrected chi connectivity index (χ0v) is 26.7. The second-order valence-corrected chi connectivity index (χ2v) is 12.2. The minimum atomic E-state index is -4.62. The van der Waals surface area contributed by atoms with Crippen molar-refractivity contribution in [1.82, 2.24) is 25.1 Å². The first-order chi connectivity index (χ1) is 22.2. The summed E-state index contributed by atoms with van der Waals surface area (Å²) in [4.78, 5) is 46.2. The summed E-state index contributed by atoms with van der Waals surface area (Å²) in [6, 6.07) is 7.56. The molecule has 2 saturated heterocycles. The van der Waals surface area contributed by atoms with Gasteiger partial charge in [-0.2, -0.15) is 13.2 Å². The monoisotopic (exact) mass is 652 g/mol. The first-order valence-corrected chi connectivity index (χ1v) is 15.3. The van der Waals surface area contributed by atoms with Gasteiger partial charge in [0.25, 0.3) is 0 Å². The molecule has 0 radical (unpaired) electrons. The van der Waals surface area contributed by atoms with Crippen LogP contribution in [0.4, 0.5) is 23.7 Å². The number of hydrogen-bond acceptors (Lipinski definition) is 6. The summed E-state index contributed by atoms with van der Waals surface area (Å²) in [7, 11) is 4.89. The maximum Gasteiger partial charge on any atom is 0.416 e. The third-order valence-electron chi connectivity index (χ3n) is 8.71. The number of carbonyl (C=O) groups is 3. The Balaban J connectivity index is 1.53. The fourth-order valence-electron chi connectivity index (χ4n) is 6.16. The molecule has 47 heavy (non-hydrogen) atoms. The van der Waals surface area contributed by atoms with Crippen molar-refractivity contribution in [3.05, 3.63) is 95.1 Å². The summed E-state index contributed by atoms with van der Waals surface area (Å²) in [5.41, 5.74) is 1.30. The van der Waals surface area contributed by atoms with Crippen LogP contribution >= 0.6 is 0 Å². The molecule has 13 heteroatoms. The number of hydrazine groups is 1. The average Bonchev–Trinajstić information content (AvgIpc) is 3.30. The van der Waals surface area contributed by atoms with Crippen molar-refractivity contribution in [1.29, 1.82) is 0 Å². The number of carbonyl (C=O) groups excluding carboxylic acids is 3. The van der Waals surface area contributed by atoms with Crippen LogP contribution < -0.4 is 10.2 Å². The molecule has 0 aromatic heterocycles. The number of hydrogen-bond donors (Lipinski definition) is 2. The summed E-state index contributed by atoms with van der Waals surface area (Å²) in [5.74, 6) is -0.781. The van der Waals surface area contributed by atoms with Gasteiger partial charge in [-0.05, 0) is 60.4 Å². The smallest absolute Gasteiger partial charge is 0.416 e. The average molecular weight is 653 g/mol. The van der Waals surface area contributed by atoms with Crippen LogP contribution in [-0.4, -0.2) is 95.8 Å². The molecule has 2 aliphatic heterocycles. The number of benzene rings is 2. The molecule has 2 unspecified atom stereocenters. The molecule has 1 aliphatic carbocycles. The van der Waals surface area contributed by atoms with Crippen LogP contribution in [0.2, 0.25) is 0 Å². The second-order valence-electron chi connectivity index (χ2n) is 12.2. The number of nitrogens with one attached hydrogen (secondary N) is 1. The highest BCUT2D eigenvalue weighted by Crippen LogP contribution is 2.37. The lowest BCUT2D eigenvalue weighted by Crippen LogP contribution is -2.76. The van der Waals surface area contributed by atoms with Gasteiger partial charge in [-0.3, -0.25) is 9.59 Å². The Hall–Kier alpha value is -4.78. The number of phenols is 1. The van der Waals surface area contributed by atoms with Crippen molar-refractivity contribution in [3.63, 3.8) is 0 Å². The highest BCUT2D eigenvalue weighted by Gasteiger charge is 2.51. The molecule has 2 heterocycles. The third-order valence-corrected chi connectivity index (χ3v) is 8.71. The molecule has 2 N–H and O–H groups in total. The van der Waals surface area contributed by atoms with Gasteiger partial charge in [0.2, 0.25) is 11.8 Å². The lowest BCUT2D eigenvalue weighted by atomic mass is 9.95. The number of amides is 4. The van der Waals surface area contributed by atoms with Crippen molar-refractivity contribution in [2.24, 2.45) is 0 Å². The highest BCUT2D eigenvalue weighted by atomic mass is 19.4. The van der Waals surface area contributed by atoms with E-state index >= 15 is 0 Å². The fourth-order valence-corrected chi connectivity index (χ4v) is 6.16. The van der Waals surface area contributed by atoms with Gasteiger partial charge < -0.3 is 25.1 Å². The van der Waals surface area contributed by atoms with Crippen LogP contribution in [0.5, 0.6) is 5.75 Å². The minimum Gasteiger partial charge on any atom is -0.508 e. The Morgan fingerprint density at radius 2 is 1.83 bits per heavy atom. The minimum absolute atomic E-state index is 0.0334. The standard InChI is InChI=1S/C34H39F3N6O4/c1-22(25-16-26(34(35,36)37)18-27(17-25)39(2)3)41-20-30-42(29(32(41)46)15-23-11-13-28(44)14-12-23)31(45)21-40(4)43(30)33(47)38-19-24-9-7-5-6-8-10-24/h5-7,9-14,16-18,22,29-30,44H,8,15,19-21H2,1-4H3,(H,38,47)/t22?,29-,30?/m0/s1. The zero-order chi connectivity index (χ0) is 34.0. The lowest BCUT2D eigenvalue weighted by molar-refractivity contribution is -0.189. The number of phenolic OH excluding ortho intramolecular Hbond substituents is 1. The molecule has 0 spiro atoms. The van der Waals surface area contributed by atoms with E-state index in [1.165, 1.54) is 32.0 Å². The quantitative estimate of drug-likeness (QED) is 0.459. The normalized spacial score (nSPS) is 20.9. The Kier molecular flexibility index (Phi) is 9.66. The van der Waals surface area contributed by atoms with Crippen molar-refractivity contribution in [2.75, 3.05) is 45.7 Å². The van der Waals surface area contributed by atoms with Crippen molar-refractivity contribution in [3.8, 4) is 5.75 Å². The van der Waals surface area contributed by atoms with E-state index in [1.807, 2.05) is 30.4 Å². The van der Waals surface area contributed by atoms with Crippen LogP contribution in [0.25, 0.3) is 0 Å². The van der Waals surface area contributed by atoms with Crippen LogP contribution in [0, 0.1) is 0 Å². The Labute approximate surface area is 272 Å². The van der Waals surface area contributed by atoms with Gasteiger partial charge in [0.1, 0.15) is 18.0 Å². The molecule has 4 amide bonds. The number of rotatable bonds is 7. The Morgan fingerprint density at radius 3 is 2.51 bits per heavy atom.